The van der Waals surface area contributed by atoms with E-state index < -0.39 is 4.92 Å². The van der Waals surface area contributed by atoms with E-state index in [1.807, 2.05) is 30.3 Å². The number of nitrogens with zero attached hydrogens (tertiary/aromatic N) is 3. The minimum absolute atomic E-state index is 0.0730. The van der Waals surface area contributed by atoms with Gasteiger partial charge >= 0.3 is 0 Å². The Morgan fingerprint density at radius 2 is 1.67 bits per heavy atom. The summed E-state index contributed by atoms with van der Waals surface area (Å²) < 4.78 is 0. The molecule has 2 aromatic rings. The second-order valence-electron chi connectivity index (χ2n) is 3.42. The average Bonchev–Trinajstić information content (AvgIpc) is 2.40. The quantitative estimate of drug-likeness (QED) is 0.504. The molecule has 0 bridgehead atoms. The second kappa shape index (κ2) is 5.53. The number of anilines is 1. The number of hydrogen-bond acceptors (Lipinski definition) is 4. The number of hydrogen-bond donors (Lipinski definition) is 1. The van der Waals surface area contributed by atoms with E-state index in [1.54, 1.807) is 12.1 Å². The highest BCUT2D eigenvalue weighted by Gasteiger charge is 2.11. The van der Waals surface area contributed by atoms with Crippen molar-refractivity contribution in [2.75, 3.05) is 5.43 Å². The van der Waals surface area contributed by atoms with E-state index in [-0.39, 0.29) is 11.4 Å². The van der Waals surface area contributed by atoms with E-state index in [0.717, 1.165) is 5.69 Å². The van der Waals surface area contributed by atoms with E-state index >= 15 is 0 Å². The van der Waals surface area contributed by atoms with Crippen molar-refractivity contribution in [3.8, 4) is 0 Å². The van der Waals surface area contributed by atoms with Crippen LogP contribution in [0.25, 0.3) is 0 Å². The lowest BCUT2D eigenvalue weighted by atomic mass is 10.3. The molecule has 0 saturated heterocycles. The van der Waals surface area contributed by atoms with Crippen LogP contribution in [0.5, 0.6) is 0 Å². The molecule has 0 aromatic heterocycles. The Morgan fingerprint density at radius 3 is 2.39 bits per heavy atom. The standard InChI is InChI=1S/C12H10N4O2/c17-16(18)12-9-5-4-8-11(12)14-15-13-10-6-2-1-3-7-10/h1-9H,(H,13,14). The number of nitro groups is 1. The molecule has 0 atom stereocenters. The lowest BCUT2D eigenvalue weighted by molar-refractivity contribution is -0.384. The van der Waals surface area contributed by atoms with Crippen LogP contribution < -0.4 is 5.43 Å². The van der Waals surface area contributed by atoms with Gasteiger partial charge in [0.1, 0.15) is 0 Å². The lowest BCUT2D eigenvalue weighted by Gasteiger charge is -1.98. The highest BCUT2D eigenvalue weighted by Crippen LogP contribution is 2.26. The third-order valence-corrected chi connectivity index (χ3v) is 2.19. The molecule has 0 aliphatic carbocycles. The van der Waals surface area contributed by atoms with E-state index in [9.17, 15) is 10.1 Å². The van der Waals surface area contributed by atoms with Crippen LogP contribution in [-0.4, -0.2) is 4.92 Å². The number of rotatable bonds is 4. The smallest absolute Gasteiger partial charge is 0.260 e. The van der Waals surface area contributed by atoms with Crippen molar-refractivity contribution in [2.24, 2.45) is 10.3 Å². The summed E-state index contributed by atoms with van der Waals surface area (Å²) in [5, 5.41) is 18.3. The molecule has 0 aliphatic rings. The Hall–Kier alpha value is -2.76. The first kappa shape index (κ1) is 11.7. The minimum atomic E-state index is -0.489. The van der Waals surface area contributed by atoms with E-state index in [0.29, 0.717) is 0 Å². The molecule has 0 saturated carbocycles. The first-order chi connectivity index (χ1) is 8.77. The van der Waals surface area contributed by atoms with Gasteiger partial charge in [-0.3, -0.25) is 15.5 Å². The molecule has 6 nitrogen and oxygen atoms in total. The predicted octanol–water partition coefficient (Wildman–Crippen LogP) is 3.71. The molecule has 2 rings (SSSR count). The summed E-state index contributed by atoms with van der Waals surface area (Å²) in [6.07, 6.45) is 0. The van der Waals surface area contributed by atoms with E-state index in [2.05, 4.69) is 15.8 Å². The molecule has 18 heavy (non-hydrogen) atoms. The fourth-order valence-corrected chi connectivity index (χ4v) is 1.35. The van der Waals surface area contributed by atoms with Crippen LogP contribution in [0, 0.1) is 10.1 Å². The molecule has 0 radical (unpaired) electrons. The van der Waals surface area contributed by atoms with Gasteiger partial charge in [0.25, 0.3) is 5.69 Å². The third-order valence-electron chi connectivity index (χ3n) is 2.19. The molecular weight excluding hydrogens is 232 g/mol. The summed E-state index contributed by atoms with van der Waals surface area (Å²) in [5.41, 5.74) is 3.60. The van der Waals surface area contributed by atoms with Crippen LogP contribution >= 0.6 is 0 Å². The maximum absolute atomic E-state index is 10.7. The van der Waals surface area contributed by atoms with Gasteiger partial charge in [0.15, 0.2) is 5.69 Å². The highest BCUT2D eigenvalue weighted by atomic mass is 16.6. The molecule has 0 heterocycles. The average molecular weight is 242 g/mol. The Morgan fingerprint density at radius 1 is 1.00 bits per heavy atom. The summed E-state index contributed by atoms with van der Waals surface area (Å²) in [4.78, 5) is 10.2. The van der Waals surface area contributed by atoms with Crippen LogP contribution in [0.15, 0.2) is 64.9 Å². The van der Waals surface area contributed by atoms with E-state index in [4.69, 9.17) is 0 Å². The van der Waals surface area contributed by atoms with Crippen molar-refractivity contribution in [1.29, 1.82) is 0 Å². The number of benzene rings is 2. The minimum Gasteiger partial charge on any atom is -0.260 e. The first-order valence-electron chi connectivity index (χ1n) is 5.22. The molecule has 0 spiro atoms. The molecule has 0 amide bonds. The molecule has 90 valence electrons. The van der Waals surface area contributed by atoms with Crippen molar-refractivity contribution < 1.29 is 4.92 Å². The molecule has 0 fully saturated rings. The summed E-state index contributed by atoms with van der Waals surface area (Å²) in [6, 6.07) is 15.4. The highest BCUT2D eigenvalue weighted by molar-refractivity contribution is 5.56. The molecule has 0 aliphatic heterocycles. The maximum atomic E-state index is 10.7. The van der Waals surface area contributed by atoms with Gasteiger partial charge in [-0.25, -0.2) is 0 Å². The summed E-state index contributed by atoms with van der Waals surface area (Å²) in [5.74, 6) is 0. The van der Waals surface area contributed by atoms with Crippen LogP contribution in [0.2, 0.25) is 0 Å². The van der Waals surface area contributed by atoms with Crippen LogP contribution in [-0.2, 0) is 0 Å². The van der Waals surface area contributed by atoms with Crippen LogP contribution in [0.3, 0.4) is 0 Å². The van der Waals surface area contributed by atoms with Crippen molar-refractivity contribution in [2.45, 2.75) is 0 Å². The van der Waals surface area contributed by atoms with Gasteiger partial charge in [-0.1, -0.05) is 35.6 Å². The van der Waals surface area contributed by atoms with Crippen molar-refractivity contribution in [3.05, 3.63) is 64.7 Å². The molecule has 0 unspecified atom stereocenters. The summed E-state index contributed by atoms with van der Waals surface area (Å²) in [6.45, 7) is 0. The molecule has 2 aromatic carbocycles. The first-order valence-corrected chi connectivity index (χ1v) is 5.22. The molecular formula is C12H10N4O2. The predicted molar refractivity (Wildman–Crippen MR) is 67.7 cm³/mol. The van der Waals surface area contributed by atoms with Gasteiger partial charge in [0.05, 0.1) is 10.6 Å². The normalized spacial score (nSPS) is 10.4. The second-order valence-corrected chi connectivity index (χ2v) is 3.42. The fourth-order valence-electron chi connectivity index (χ4n) is 1.35. The van der Waals surface area contributed by atoms with Gasteiger partial charge in [-0.15, -0.1) is 5.11 Å². The van der Waals surface area contributed by atoms with Gasteiger partial charge < -0.3 is 0 Å². The third kappa shape index (κ3) is 2.88. The van der Waals surface area contributed by atoms with Gasteiger partial charge in [0, 0.05) is 6.07 Å². The Labute approximate surface area is 103 Å². The number of para-hydroxylation sites is 2. The zero-order chi connectivity index (χ0) is 12.8. The topological polar surface area (TPSA) is 79.9 Å². The van der Waals surface area contributed by atoms with Crippen molar-refractivity contribution in [3.63, 3.8) is 0 Å². The van der Waals surface area contributed by atoms with E-state index in [1.165, 1.54) is 12.1 Å². The summed E-state index contributed by atoms with van der Waals surface area (Å²) >= 11 is 0. The SMILES string of the molecule is O=[N+]([O-])c1ccccc1N=NNc1ccccc1. The van der Waals surface area contributed by atoms with Gasteiger partial charge in [-0.05, 0) is 18.2 Å². The Bertz CT molecular complexity index is 569. The molecule has 6 heteroatoms. The summed E-state index contributed by atoms with van der Waals surface area (Å²) in [7, 11) is 0. The monoisotopic (exact) mass is 242 g/mol. The zero-order valence-corrected chi connectivity index (χ0v) is 9.35. The van der Waals surface area contributed by atoms with Gasteiger partial charge in [-0.2, -0.15) is 0 Å². The molecule has 1 N–H and O–H groups in total. The fraction of sp³-hybridized carbons (Fsp3) is 0. The van der Waals surface area contributed by atoms with Crippen molar-refractivity contribution >= 4 is 17.1 Å². The van der Waals surface area contributed by atoms with Crippen molar-refractivity contribution in [1.82, 2.24) is 0 Å². The Balaban J connectivity index is 2.12. The zero-order valence-electron chi connectivity index (χ0n) is 9.35. The lowest BCUT2D eigenvalue weighted by Crippen LogP contribution is -1.88. The maximum Gasteiger partial charge on any atom is 0.296 e. The Kier molecular flexibility index (Phi) is 3.60. The largest absolute Gasteiger partial charge is 0.296 e. The van der Waals surface area contributed by atoms with Gasteiger partial charge in [0.2, 0.25) is 0 Å². The number of nitro benzene ring substituents is 1. The van der Waals surface area contributed by atoms with Crippen LogP contribution in [0.4, 0.5) is 17.1 Å². The number of nitrogens with one attached hydrogen (secondary N) is 1. The van der Waals surface area contributed by atoms with Crippen LogP contribution in [0.1, 0.15) is 0 Å².